The second kappa shape index (κ2) is 12.7. The lowest BCUT2D eigenvalue weighted by Gasteiger charge is -2.67. The van der Waals surface area contributed by atoms with Gasteiger partial charge < -0.3 is 0 Å². The van der Waals surface area contributed by atoms with Gasteiger partial charge in [-0.3, -0.25) is 0 Å². The van der Waals surface area contributed by atoms with Crippen LogP contribution in [-0.2, 0) is 0 Å². The molecule has 16 aliphatic rings. The Morgan fingerprint density at radius 2 is 0.460 bits per heavy atom. The van der Waals surface area contributed by atoms with E-state index in [1.54, 1.807) is 179 Å². The second-order valence-electron chi connectivity index (χ2n) is 23.6. The van der Waals surface area contributed by atoms with Crippen molar-refractivity contribution >= 4 is 15.8 Å². The van der Waals surface area contributed by atoms with Gasteiger partial charge in [0, 0.05) is 0 Å². The van der Waals surface area contributed by atoms with Gasteiger partial charge in [-0.05, 0) is 271 Å². The van der Waals surface area contributed by atoms with Gasteiger partial charge in [0.25, 0.3) is 0 Å². The van der Waals surface area contributed by atoms with E-state index in [-0.39, 0.29) is 15.8 Å². The SMILES string of the molecule is CCCCP(C12CC3CC(CC(C3)C1)C2)C12CC3CC(CC(C3)C1)C2.CCCCP(C12CC3CC(CC(C3)C1)C2)C12CC3CC(CC(C3)C1)C2. The highest BCUT2D eigenvalue weighted by atomic mass is 31.1. The highest BCUT2D eigenvalue weighted by molar-refractivity contribution is 7.61. The van der Waals surface area contributed by atoms with E-state index >= 15 is 0 Å². The highest BCUT2D eigenvalue weighted by Crippen LogP contribution is 2.80. The molecule has 16 fully saturated rings. The van der Waals surface area contributed by atoms with Gasteiger partial charge in [0.05, 0.1) is 0 Å². The molecule has 16 saturated carbocycles. The molecule has 0 heterocycles. The molecule has 0 aromatic rings. The van der Waals surface area contributed by atoms with E-state index in [0.717, 1.165) is 91.6 Å². The molecule has 0 radical (unpaired) electrons. The van der Waals surface area contributed by atoms with E-state index in [2.05, 4.69) is 13.8 Å². The third-order valence-corrected chi connectivity index (χ3v) is 28.1. The van der Waals surface area contributed by atoms with Crippen LogP contribution in [0.2, 0.25) is 0 Å². The minimum absolute atomic E-state index is 0.285. The lowest BCUT2D eigenvalue weighted by molar-refractivity contribution is 0.0183. The topological polar surface area (TPSA) is 0 Å². The smallest absolute Gasteiger partial charge is 0.00815 e. The van der Waals surface area contributed by atoms with Gasteiger partial charge in [0.1, 0.15) is 0 Å². The third-order valence-electron chi connectivity index (χ3n) is 19.8. The van der Waals surface area contributed by atoms with Crippen molar-refractivity contribution in [2.24, 2.45) is 71.0 Å². The summed E-state index contributed by atoms with van der Waals surface area (Å²) in [4.78, 5) is 0. The molecule has 16 aliphatic carbocycles. The number of unbranched alkanes of at least 4 members (excludes halogenated alkanes) is 2. The largest absolute Gasteiger partial charge is 0.0939 e. The Bertz CT molecular complexity index is 935. The average Bonchev–Trinajstić information content (AvgIpc) is 3.03. The van der Waals surface area contributed by atoms with E-state index in [9.17, 15) is 0 Å². The quantitative estimate of drug-likeness (QED) is 0.198. The molecule has 50 heavy (non-hydrogen) atoms. The van der Waals surface area contributed by atoms with E-state index in [1.165, 1.54) is 12.8 Å². The van der Waals surface area contributed by atoms with Crippen LogP contribution in [0.4, 0.5) is 0 Å². The fraction of sp³-hybridized carbons (Fsp3) is 1.00. The molecule has 0 atom stereocenters. The van der Waals surface area contributed by atoms with E-state index in [0.29, 0.717) is 0 Å². The first-order chi connectivity index (χ1) is 24.3. The molecular formula is C48H78P2. The second-order valence-corrected chi connectivity index (χ2v) is 30.0. The van der Waals surface area contributed by atoms with Crippen LogP contribution in [0.25, 0.3) is 0 Å². The zero-order chi connectivity index (χ0) is 33.3. The summed E-state index contributed by atoms with van der Waals surface area (Å²) >= 11 is 0. The van der Waals surface area contributed by atoms with Crippen LogP contribution in [0.15, 0.2) is 0 Å². The standard InChI is InChI=1S/2C24H39P/c2*1-2-3-4-25(23-11-17-5-18(12-23)7-19(6-17)13-23)24-14-20-8-21(15-24)10-22(9-20)16-24/h2*17-22H,2-16H2,1H3. The van der Waals surface area contributed by atoms with Crippen LogP contribution in [0.1, 0.15) is 194 Å². The summed E-state index contributed by atoms with van der Waals surface area (Å²) in [5.74, 6) is 13.9. The third kappa shape index (κ3) is 5.64. The first-order valence-electron chi connectivity index (χ1n) is 23.9. The van der Waals surface area contributed by atoms with Crippen LogP contribution in [0, 0.1) is 71.0 Å². The van der Waals surface area contributed by atoms with E-state index in [1.807, 2.05) is 0 Å². The number of hydrogen-bond acceptors (Lipinski definition) is 0. The molecule has 0 aliphatic heterocycles. The van der Waals surface area contributed by atoms with Gasteiger partial charge in [0.15, 0.2) is 0 Å². The van der Waals surface area contributed by atoms with Crippen LogP contribution in [-0.4, -0.2) is 32.9 Å². The van der Waals surface area contributed by atoms with Gasteiger partial charge in [-0.1, -0.05) is 42.5 Å². The summed E-state index contributed by atoms with van der Waals surface area (Å²) in [6.07, 6.45) is 49.2. The molecule has 16 rings (SSSR count). The maximum Gasteiger partial charge on any atom is -0.00815 e. The predicted molar refractivity (Wildman–Crippen MR) is 217 cm³/mol. The molecule has 0 aromatic carbocycles. The first-order valence-corrected chi connectivity index (χ1v) is 26.9. The maximum atomic E-state index is 2.45. The molecular weight excluding hydrogens is 638 g/mol. The summed E-state index contributed by atoms with van der Waals surface area (Å²) in [6, 6.07) is 0. The van der Waals surface area contributed by atoms with Crippen molar-refractivity contribution in [3.8, 4) is 0 Å². The molecule has 0 nitrogen and oxygen atoms in total. The van der Waals surface area contributed by atoms with Crippen molar-refractivity contribution in [2.45, 2.75) is 214 Å². The monoisotopic (exact) mass is 717 g/mol. The Labute approximate surface area is 312 Å². The molecule has 0 spiro atoms. The normalized spacial score (nSPS) is 56.5. The fourth-order valence-corrected chi connectivity index (χ4v) is 31.1. The van der Waals surface area contributed by atoms with Crippen molar-refractivity contribution < 1.29 is 0 Å². The van der Waals surface area contributed by atoms with Crippen molar-refractivity contribution in [1.29, 1.82) is 0 Å². The maximum absolute atomic E-state index is 2.45. The predicted octanol–water partition coefficient (Wildman–Crippen LogP) is 14.4. The Balaban J connectivity index is 0.000000120. The Kier molecular flexibility index (Phi) is 8.66. The van der Waals surface area contributed by atoms with Crippen LogP contribution in [0.3, 0.4) is 0 Å². The lowest BCUT2D eigenvalue weighted by Crippen LogP contribution is -2.56. The molecule has 0 unspecified atom stereocenters. The summed E-state index contributed by atoms with van der Waals surface area (Å²) in [7, 11) is 0.571. The van der Waals surface area contributed by atoms with Crippen molar-refractivity contribution in [2.75, 3.05) is 12.3 Å². The van der Waals surface area contributed by atoms with Crippen LogP contribution < -0.4 is 0 Å². The average molecular weight is 717 g/mol. The zero-order valence-electron chi connectivity index (χ0n) is 33.0. The fourth-order valence-electron chi connectivity index (χ4n) is 20.2. The van der Waals surface area contributed by atoms with Crippen LogP contribution >= 0.6 is 15.8 Å². The lowest BCUT2D eigenvalue weighted by atomic mass is 9.55. The van der Waals surface area contributed by atoms with Gasteiger partial charge in [0.2, 0.25) is 0 Å². The summed E-state index contributed by atoms with van der Waals surface area (Å²) in [6.45, 7) is 4.90. The Hall–Kier alpha value is 0.860. The van der Waals surface area contributed by atoms with Crippen molar-refractivity contribution in [1.82, 2.24) is 0 Å². The van der Waals surface area contributed by atoms with E-state index < -0.39 is 0 Å². The summed E-state index contributed by atoms with van der Waals surface area (Å²) < 4.78 is 0. The molecule has 0 amide bonds. The number of hydrogen-bond donors (Lipinski definition) is 0. The van der Waals surface area contributed by atoms with Gasteiger partial charge in [-0.25, -0.2) is 0 Å². The summed E-state index contributed by atoms with van der Waals surface area (Å²) in [5.41, 5.74) is 0. The summed E-state index contributed by atoms with van der Waals surface area (Å²) in [5, 5.41) is 3.52. The molecule has 2 heteroatoms. The molecule has 0 aromatic heterocycles. The molecule has 0 saturated heterocycles. The Morgan fingerprint density at radius 3 is 0.600 bits per heavy atom. The van der Waals surface area contributed by atoms with Gasteiger partial charge >= 0.3 is 0 Å². The zero-order valence-corrected chi connectivity index (χ0v) is 34.8. The molecule has 280 valence electrons. The van der Waals surface area contributed by atoms with Crippen LogP contribution in [0.5, 0.6) is 0 Å². The van der Waals surface area contributed by atoms with Crippen molar-refractivity contribution in [3.63, 3.8) is 0 Å². The first kappa shape index (κ1) is 34.1. The Morgan fingerprint density at radius 1 is 0.300 bits per heavy atom. The van der Waals surface area contributed by atoms with Gasteiger partial charge in [-0.15, -0.1) is 0 Å². The molecule has 16 bridgehead atoms. The van der Waals surface area contributed by atoms with E-state index in [4.69, 9.17) is 0 Å². The minimum Gasteiger partial charge on any atom is -0.0939 e. The van der Waals surface area contributed by atoms with Gasteiger partial charge in [-0.2, -0.15) is 0 Å². The van der Waals surface area contributed by atoms with Crippen molar-refractivity contribution in [3.05, 3.63) is 0 Å². The minimum atomic E-state index is 0.285. The molecule has 0 N–H and O–H groups in total. The number of rotatable bonds is 10. The highest BCUT2D eigenvalue weighted by Gasteiger charge is 2.64.